The van der Waals surface area contributed by atoms with Crippen LogP contribution < -0.4 is 15.2 Å². The number of carbonyl (C=O) groups is 2. The molecule has 178 valence electrons. The number of amides is 1. The number of aromatic nitrogens is 2. The molecule has 1 amide bonds. The molecule has 0 radical (unpaired) electrons. The quantitative estimate of drug-likeness (QED) is 0.214. The number of ketones is 1. The van der Waals surface area contributed by atoms with Crippen molar-refractivity contribution in [2.24, 2.45) is 4.99 Å². The van der Waals surface area contributed by atoms with Crippen molar-refractivity contribution >= 4 is 56.3 Å². The van der Waals surface area contributed by atoms with Gasteiger partial charge in [0.1, 0.15) is 5.70 Å². The molecule has 1 N–H and O–H groups in total. The molecule has 0 fully saturated rings. The number of aliphatic imine (C=N–C) groups is 1. The third-order valence-electron chi connectivity index (χ3n) is 5.27. The van der Waals surface area contributed by atoms with Crippen molar-refractivity contribution in [2.45, 2.75) is 0 Å². The first-order valence-electron chi connectivity index (χ1n) is 10.8. The number of hydrogen-bond donors (Lipinski definition) is 1. The van der Waals surface area contributed by atoms with E-state index in [-0.39, 0.29) is 23.1 Å². The number of H-pyrrole nitrogens is 1. The smallest absolute Gasteiger partial charge is 0.286 e. The van der Waals surface area contributed by atoms with Crippen molar-refractivity contribution in [1.29, 1.82) is 0 Å². The summed E-state index contributed by atoms with van der Waals surface area (Å²) >= 11 is 4.48. The monoisotopic (exact) mass is 561 g/mol. The zero-order valence-corrected chi connectivity index (χ0v) is 21.0. The fourth-order valence-electron chi connectivity index (χ4n) is 3.58. The number of Topliss-reactive ketones (excluding diaryl/α,β-unsaturated/α-hetero) is 1. The third-order valence-corrected chi connectivity index (χ3v) is 6.74. The molecule has 0 saturated heterocycles. The summed E-state index contributed by atoms with van der Waals surface area (Å²) in [5.74, 6) is -0.900. The van der Waals surface area contributed by atoms with Crippen molar-refractivity contribution in [3.63, 3.8) is 0 Å². The van der Waals surface area contributed by atoms with Crippen molar-refractivity contribution in [3.8, 4) is 5.69 Å². The van der Waals surface area contributed by atoms with Gasteiger partial charge in [-0.1, -0.05) is 76.2 Å². The van der Waals surface area contributed by atoms with Gasteiger partial charge in [-0.05, 0) is 45.9 Å². The Kier molecular flexibility index (Phi) is 6.79. The number of thioether (sulfide) groups is 1. The Morgan fingerprint density at radius 1 is 1.00 bits per heavy atom. The van der Waals surface area contributed by atoms with E-state index >= 15 is 0 Å². The highest BCUT2D eigenvalue weighted by Gasteiger charge is 2.35. The fourth-order valence-corrected chi connectivity index (χ4v) is 4.72. The van der Waals surface area contributed by atoms with E-state index in [2.05, 4.69) is 26.2 Å². The summed E-state index contributed by atoms with van der Waals surface area (Å²) in [6, 6.07) is 25.5. The molecule has 0 unspecified atom stereocenters. The molecule has 4 aromatic rings. The number of aromatic amines is 1. The number of amidine groups is 1. The Morgan fingerprint density at radius 3 is 2.36 bits per heavy atom. The highest BCUT2D eigenvalue weighted by molar-refractivity contribution is 9.10. The number of anilines is 1. The zero-order valence-electron chi connectivity index (χ0n) is 18.6. The summed E-state index contributed by atoms with van der Waals surface area (Å²) in [6.45, 7) is 0. The summed E-state index contributed by atoms with van der Waals surface area (Å²) in [5.41, 5.74) is 1.35. The van der Waals surface area contributed by atoms with Gasteiger partial charge in [0, 0.05) is 16.6 Å². The van der Waals surface area contributed by atoms with Crippen LogP contribution in [0.1, 0.15) is 16.1 Å². The molecule has 1 aliphatic heterocycles. The van der Waals surface area contributed by atoms with Gasteiger partial charge in [-0.25, -0.2) is 9.79 Å². The van der Waals surface area contributed by atoms with Gasteiger partial charge in [0.15, 0.2) is 5.17 Å². The Morgan fingerprint density at radius 2 is 1.67 bits per heavy atom. The van der Waals surface area contributed by atoms with Crippen molar-refractivity contribution in [3.05, 3.63) is 117 Å². The first-order valence-corrected chi connectivity index (χ1v) is 12.6. The molecule has 0 atom stereocenters. The standard InChI is InChI=1S/C26H17BrN4O4S/c27-18-13-11-17(12-14-18)15-21-24(33)30(19-7-3-1-4-8-19)26(28-21)36-16-22(32)23-25(34)35-29-31(23)20-9-5-2-6-10-20/h1-15H,16H2/p+1/b21-15+. The van der Waals surface area contributed by atoms with E-state index in [9.17, 15) is 14.4 Å². The van der Waals surface area contributed by atoms with Crippen LogP contribution in [0.3, 0.4) is 0 Å². The van der Waals surface area contributed by atoms with Crippen LogP contribution in [0, 0.1) is 0 Å². The number of halogens is 1. The summed E-state index contributed by atoms with van der Waals surface area (Å²) in [5, 5.41) is 2.81. The second kappa shape index (κ2) is 10.3. The van der Waals surface area contributed by atoms with Gasteiger partial charge in [-0.2, -0.15) is 0 Å². The first kappa shape index (κ1) is 23.7. The lowest BCUT2D eigenvalue weighted by molar-refractivity contribution is -0.672. The SMILES string of the molecule is O=C(CSC1=N/C(=C/c2ccc(Br)cc2)C(=O)N1c1ccccc1)c1c(=O)o[nH][n+]1-c1ccccc1. The molecule has 0 aliphatic carbocycles. The Labute approximate surface area is 218 Å². The van der Waals surface area contributed by atoms with Gasteiger partial charge >= 0.3 is 11.3 Å². The van der Waals surface area contributed by atoms with E-state index in [1.807, 2.05) is 48.5 Å². The van der Waals surface area contributed by atoms with Crippen LogP contribution in [-0.2, 0) is 4.79 Å². The molecule has 10 heteroatoms. The molecule has 3 aromatic carbocycles. The van der Waals surface area contributed by atoms with Crippen LogP contribution in [0.25, 0.3) is 11.8 Å². The molecule has 1 aromatic heterocycles. The topological polar surface area (TPSA) is 99.6 Å². The van der Waals surface area contributed by atoms with Crippen LogP contribution in [-0.4, -0.2) is 27.9 Å². The minimum atomic E-state index is -0.773. The number of benzene rings is 3. The van der Waals surface area contributed by atoms with Gasteiger partial charge in [0.05, 0.1) is 11.4 Å². The van der Waals surface area contributed by atoms with Crippen LogP contribution in [0.15, 0.2) is 109 Å². The van der Waals surface area contributed by atoms with Crippen molar-refractivity contribution in [1.82, 2.24) is 5.27 Å². The van der Waals surface area contributed by atoms with Gasteiger partial charge in [0.25, 0.3) is 5.91 Å². The number of nitrogens with zero attached hydrogens (tertiary/aromatic N) is 3. The van der Waals surface area contributed by atoms with E-state index in [1.165, 1.54) is 9.58 Å². The molecule has 8 nitrogen and oxygen atoms in total. The minimum Gasteiger partial charge on any atom is -0.286 e. The molecule has 5 rings (SSSR count). The average Bonchev–Trinajstić information content (AvgIpc) is 3.44. The lowest BCUT2D eigenvalue weighted by Crippen LogP contribution is -2.41. The molecule has 0 saturated carbocycles. The van der Waals surface area contributed by atoms with Crippen LogP contribution in [0.4, 0.5) is 5.69 Å². The molecule has 2 heterocycles. The molecule has 0 spiro atoms. The van der Waals surface area contributed by atoms with E-state index in [0.717, 1.165) is 21.8 Å². The largest absolute Gasteiger partial charge is 0.438 e. The summed E-state index contributed by atoms with van der Waals surface area (Å²) in [4.78, 5) is 44.7. The summed E-state index contributed by atoms with van der Waals surface area (Å²) in [7, 11) is 0. The first-order chi connectivity index (χ1) is 17.5. The number of para-hydroxylation sites is 2. The van der Waals surface area contributed by atoms with Crippen molar-refractivity contribution in [2.75, 3.05) is 10.7 Å². The Hall–Kier alpha value is -4.02. The molecule has 36 heavy (non-hydrogen) atoms. The number of nitrogens with one attached hydrogen (secondary N) is 1. The third kappa shape index (κ3) is 4.86. The lowest BCUT2D eigenvalue weighted by atomic mass is 10.2. The molecular weight excluding hydrogens is 544 g/mol. The molecule has 0 bridgehead atoms. The van der Waals surface area contributed by atoms with E-state index in [0.29, 0.717) is 16.5 Å². The highest BCUT2D eigenvalue weighted by atomic mass is 79.9. The second-order valence-corrected chi connectivity index (χ2v) is 9.52. The van der Waals surface area contributed by atoms with E-state index in [1.54, 1.807) is 42.5 Å². The van der Waals surface area contributed by atoms with Crippen molar-refractivity contribution < 1.29 is 18.8 Å². The predicted octanol–water partition coefficient (Wildman–Crippen LogP) is 4.37. The Balaban J connectivity index is 1.44. The molecule has 1 aliphatic rings. The van der Waals surface area contributed by atoms with E-state index < -0.39 is 11.4 Å². The van der Waals surface area contributed by atoms with Crippen LogP contribution >= 0.6 is 27.7 Å². The summed E-state index contributed by atoms with van der Waals surface area (Å²) < 4.78 is 7.12. The van der Waals surface area contributed by atoms with Gasteiger partial charge in [-0.3, -0.25) is 19.0 Å². The Bertz CT molecular complexity index is 1540. The highest BCUT2D eigenvalue weighted by Crippen LogP contribution is 2.29. The predicted molar refractivity (Wildman–Crippen MR) is 141 cm³/mol. The maximum absolute atomic E-state index is 13.3. The number of rotatable bonds is 6. The van der Waals surface area contributed by atoms with Crippen LogP contribution in [0.5, 0.6) is 0 Å². The molecular formula is C26H18BrN4O4S+. The summed E-state index contributed by atoms with van der Waals surface area (Å²) in [6.07, 6.45) is 1.70. The van der Waals surface area contributed by atoms with Gasteiger partial charge < -0.3 is 0 Å². The second-order valence-electron chi connectivity index (χ2n) is 7.66. The number of carbonyl (C=O) groups excluding carboxylic acids is 2. The van der Waals surface area contributed by atoms with Crippen LogP contribution in [0.2, 0.25) is 0 Å². The lowest BCUT2D eigenvalue weighted by Gasteiger charge is -2.17. The average molecular weight is 562 g/mol. The minimum absolute atomic E-state index is 0.129. The maximum Gasteiger partial charge on any atom is 0.438 e. The maximum atomic E-state index is 13.3. The normalized spacial score (nSPS) is 14.4. The van der Waals surface area contributed by atoms with Gasteiger partial charge in [-0.15, -0.1) is 0 Å². The number of hydrogen-bond acceptors (Lipinski definition) is 6. The zero-order chi connectivity index (χ0) is 25.1. The van der Waals surface area contributed by atoms with E-state index in [4.69, 9.17) is 4.52 Å². The fraction of sp³-hybridized carbons (Fsp3) is 0.0385. The van der Waals surface area contributed by atoms with Gasteiger partial charge in [0.2, 0.25) is 11.5 Å².